The van der Waals surface area contributed by atoms with E-state index in [9.17, 15) is 0 Å². The zero-order valence-electron chi connectivity index (χ0n) is 22.0. The van der Waals surface area contributed by atoms with Crippen LogP contribution in [0.15, 0.2) is 66.3 Å². The van der Waals surface area contributed by atoms with Gasteiger partial charge in [0.1, 0.15) is 10.8 Å². The van der Waals surface area contributed by atoms with Crippen LogP contribution in [0.1, 0.15) is 42.4 Å². The van der Waals surface area contributed by atoms with Gasteiger partial charge in [-0.2, -0.15) is 0 Å². The lowest BCUT2D eigenvalue weighted by molar-refractivity contribution is 0.271. The Morgan fingerprint density at radius 2 is 2.00 bits per heavy atom. The van der Waals surface area contributed by atoms with E-state index in [2.05, 4.69) is 61.1 Å². The number of nitrogens with zero attached hydrogens (tertiary/aromatic N) is 2. The van der Waals surface area contributed by atoms with Crippen molar-refractivity contribution < 1.29 is 4.74 Å². The first-order chi connectivity index (χ1) is 18.5. The van der Waals surface area contributed by atoms with Crippen molar-refractivity contribution in [1.82, 2.24) is 15.3 Å². The van der Waals surface area contributed by atoms with Gasteiger partial charge in [-0.25, -0.2) is 4.98 Å². The fourth-order valence-electron chi connectivity index (χ4n) is 5.13. The molecule has 0 spiro atoms. The average molecular weight is 543 g/mol. The smallest absolute Gasteiger partial charge is 0.138 e. The molecule has 0 amide bonds. The minimum absolute atomic E-state index is 0.507. The summed E-state index contributed by atoms with van der Waals surface area (Å²) in [7, 11) is 0. The molecular weight excluding hydrogens is 509 g/mol. The number of nitrogens with two attached hydrogens (primary N) is 1. The first kappa shape index (κ1) is 26.5. The van der Waals surface area contributed by atoms with E-state index in [1.54, 1.807) is 11.3 Å². The average Bonchev–Trinajstić information content (AvgIpc) is 3.46. The van der Waals surface area contributed by atoms with Crippen molar-refractivity contribution in [1.29, 1.82) is 0 Å². The first-order valence-electron chi connectivity index (χ1n) is 13.1. The minimum atomic E-state index is 0.507. The Hall–Kier alpha value is -3.13. The van der Waals surface area contributed by atoms with Gasteiger partial charge in [-0.3, -0.25) is 4.98 Å². The SMILES string of the molecule is C=C(S/C=C\N)c1cc2c(OCCC3CCCCN3)c(-c3cc(C)cc(C)c3)cnc2cc1-c1nccs1. The molecule has 7 heteroatoms. The summed E-state index contributed by atoms with van der Waals surface area (Å²) in [6.07, 6.45) is 10.0. The van der Waals surface area contributed by atoms with Crippen molar-refractivity contribution in [3.63, 3.8) is 0 Å². The predicted molar refractivity (Wildman–Crippen MR) is 163 cm³/mol. The highest BCUT2D eigenvalue weighted by molar-refractivity contribution is 8.10. The first-order valence-corrected chi connectivity index (χ1v) is 14.8. The number of piperidine rings is 1. The number of fused-ring (bicyclic) bond motifs is 1. The van der Waals surface area contributed by atoms with Gasteiger partial charge in [0.25, 0.3) is 0 Å². The summed E-state index contributed by atoms with van der Waals surface area (Å²) in [6.45, 7) is 10.4. The maximum Gasteiger partial charge on any atom is 0.138 e. The van der Waals surface area contributed by atoms with Crippen molar-refractivity contribution in [3.05, 3.63) is 83.0 Å². The number of nitrogens with one attached hydrogen (secondary N) is 1. The van der Waals surface area contributed by atoms with Crippen LogP contribution in [0.4, 0.5) is 0 Å². The van der Waals surface area contributed by atoms with E-state index in [4.69, 9.17) is 15.5 Å². The number of aryl methyl sites for hydroxylation is 2. The Labute approximate surface area is 233 Å². The fraction of sp³-hybridized carbons (Fsp3) is 0.290. The normalized spacial score (nSPS) is 15.8. The molecule has 196 valence electrons. The van der Waals surface area contributed by atoms with E-state index < -0.39 is 0 Å². The molecule has 1 fully saturated rings. The molecule has 5 rings (SSSR count). The molecule has 0 radical (unpaired) electrons. The number of thiazole rings is 1. The summed E-state index contributed by atoms with van der Waals surface area (Å²) in [5.41, 5.74) is 13.1. The molecule has 38 heavy (non-hydrogen) atoms. The van der Waals surface area contributed by atoms with Crippen LogP contribution in [0.2, 0.25) is 0 Å². The Bertz CT molecular complexity index is 1440. The molecule has 1 aliphatic heterocycles. The molecule has 0 bridgehead atoms. The monoisotopic (exact) mass is 542 g/mol. The number of aromatic nitrogens is 2. The second-order valence-corrected chi connectivity index (χ2v) is 11.7. The van der Waals surface area contributed by atoms with E-state index in [1.807, 2.05) is 23.2 Å². The Kier molecular flexibility index (Phi) is 8.47. The van der Waals surface area contributed by atoms with Crippen LogP contribution in [-0.2, 0) is 0 Å². The minimum Gasteiger partial charge on any atom is -0.492 e. The summed E-state index contributed by atoms with van der Waals surface area (Å²) in [6, 6.07) is 11.4. The van der Waals surface area contributed by atoms with Gasteiger partial charge in [0.05, 0.1) is 12.1 Å². The summed E-state index contributed by atoms with van der Waals surface area (Å²) >= 11 is 3.11. The number of benzene rings is 2. The van der Waals surface area contributed by atoms with Gasteiger partial charge in [0, 0.05) is 51.4 Å². The summed E-state index contributed by atoms with van der Waals surface area (Å²) in [5, 5.41) is 9.39. The standard InChI is InChI=1S/C31H34N4OS2/c1-20-14-21(2)16-23(15-20)28-19-35-29-18-26(31-34-10-13-38-31)25(22(3)37-12-8-32)17-27(29)30(28)36-11-7-24-6-4-5-9-33-24/h8,10,12-19,24,33H,3-7,9,11,32H2,1-2H3/b12-8-. The Balaban J connectivity index is 1.64. The number of hydrogen-bond acceptors (Lipinski definition) is 7. The fourth-order valence-corrected chi connectivity index (χ4v) is 6.34. The third kappa shape index (κ3) is 5.96. The van der Waals surface area contributed by atoms with Gasteiger partial charge in [0.15, 0.2) is 0 Å². The number of ether oxygens (including phenoxy) is 1. The molecule has 3 N–H and O–H groups in total. The summed E-state index contributed by atoms with van der Waals surface area (Å²) < 4.78 is 6.67. The van der Waals surface area contributed by atoms with Crippen molar-refractivity contribution >= 4 is 38.9 Å². The molecule has 4 aromatic rings. The zero-order chi connectivity index (χ0) is 26.5. The maximum atomic E-state index is 6.67. The number of thioether (sulfide) groups is 1. The summed E-state index contributed by atoms with van der Waals surface area (Å²) in [4.78, 5) is 10.4. The highest BCUT2D eigenvalue weighted by Gasteiger charge is 2.20. The highest BCUT2D eigenvalue weighted by atomic mass is 32.2. The van der Waals surface area contributed by atoms with E-state index in [0.29, 0.717) is 12.6 Å². The predicted octanol–water partition coefficient (Wildman–Crippen LogP) is 7.69. The third-order valence-corrected chi connectivity index (χ3v) is 8.47. The highest BCUT2D eigenvalue weighted by Crippen LogP contribution is 2.43. The van der Waals surface area contributed by atoms with Gasteiger partial charge in [-0.15, -0.1) is 11.3 Å². The summed E-state index contributed by atoms with van der Waals surface area (Å²) in [5.74, 6) is 0.870. The van der Waals surface area contributed by atoms with Gasteiger partial charge in [-0.1, -0.05) is 54.1 Å². The molecule has 5 nitrogen and oxygen atoms in total. The van der Waals surface area contributed by atoms with Crippen LogP contribution in [0.3, 0.4) is 0 Å². The van der Waals surface area contributed by atoms with Crippen LogP contribution < -0.4 is 15.8 Å². The number of hydrogen-bond donors (Lipinski definition) is 2. The van der Waals surface area contributed by atoms with Gasteiger partial charge in [-0.05, 0) is 68.3 Å². The topological polar surface area (TPSA) is 73.1 Å². The molecule has 2 aromatic carbocycles. The quantitative estimate of drug-likeness (QED) is 0.226. The van der Waals surface area contributed by atoms with Crippen molar-refractivity contribution in [2.24, 2.45) is 5.73 Å². The van der Waals surface area contributed by atoms with E-state index in [-0.39, 0.29) is 0 Å². The van der Waals surface area contributed by atoms with E-state index in [1.165, 1.54) is 48.4 Å². The molecule has 1 unspecified atom stereocenters. The molecule has 1 saturated heterocycles. The number of pyridine rings is 1. The van der Waals surface area contributed by atoms with Crippen molar-refractivity contribution in [2.45, 2.75) is 45.6 Å². The van der Waals surface area contributed by atoms with Gasteiger partial charge in [0.2, 0.25) is 0 Å². The molecule has 3 heterocycles. The number of rotatable bonds is 9. The van der Waals surface area contributed by atoms with Crippen LogP contribution in [0, 0.1) is 13.8 Å². The molecule has 1 aliphatic rings. The van der Waals surface area contributed by atoms with Crippen molar-refractivity contribution in [3.8, 4) is 27.4 Å². The van der Waals surface area contributed by atoms with Crippen LogP contribution >= 0.6 is 23.1 Å². The maximum absolute atomic E-state index is 6.67. The lowest BCUT2D eigenvalue weighted by Gasteiger charge is -2.24. The lowest BCUT2D eigenvalue weighted by atomic mass is 9.97. The molecule has 2 aromatic heterocycles. The van der Waals surface area contributed by atoms with Crippen LogP contribution in [0.25, 0.3) is 37.5 Å². The largest absolute Gasteiger partial charge is 0.492 e. The lowest BCUT2D eigenvalue weighted by Crippen LogP contribution is -2.35. The Morgan fingerprint density at radius 3 is 2.71 bits per heavy atom. The third-order valence-electron chi connectivity index (χ3n) is 6.87. The molecule has 0 aliphatic carbocycles. The van der Waals surface area contributed by atoms with Gasteiger partial charge >= 0.3 is 0 Å². The molecular formula is C31H34N4OS2. The second kappa shape index (κ2) is 12.2. The zero-order valence-corrected chi connectivity index (χ0v) is 23.6. The van der Waals surface area contributed by atoms with E-state index >= 15 is 0 Å². The molecule has 0 saturated carbocycles. The van der Waals surface area contributed by atoms with Gasteiger partial charge < -0.3 is 15.8 Å². The van der Waals surface area contributed by atoms with Crippen LogP contribution in [-0.4, -0.2) is 29.2 Å². The van der Waals surface area contributed by atoms with E-state index in [0.717, 1.165) is 61.8 Å². The Morgan fingerprint density at radius 1 is 1.16 bits per heavy atom. The molecule has 1 atom stereocenters. The second-order valence-electron chi connectivity index (χ2n) is 9.78. The van der Waals surface area contributed by atoms with Crippen LogP contribution in [0.5, 0.6) is 5.75 Å². The van der Waals surface area contributed by atoms with Crippen molar-refractivity contribution in [2.75, 3.05) is 13.2 Å².